The number of amides is 1. The highest BCUT2D eigenvalue weighted by Gasteiger charge is 2.13. The third kappa shape index (κ3) is 7.51. The highest BCUT2D eigenvalue weighted by Crippen LogP contribution is 2.37. The van der Waals surface area contributed by atoms with Crippen molar-refractivity contribution in [3.63, 3.8) is 0 Å². The zero-order valence-electron chi connectivity index (χ0n) is 22.5. The predicted molar refractivity (Wildman–Crippen MR) is 166 cm³/mol. The van der Waals surface area contributed by atoms with Crippen LogP contribution in [-0.4, -0.2) is 23.7 Å². The van der Waals surface area contributed by atoms with Crippen LogP contribution >= 0.6 is 22.9 Å². The molecule has 4 aromatic carbocycles. The van der Waals surface area contributed by atoms with E-state index in [2.05, 4.69) is 20.8 Å². The number of carbonyl (C=O) groups is 1. The maximum Gasteiger partial charge on any atom is 0.271 e. The molecular weight excluding hydrogens is 575 g/mol. The standard InChI is InChI=1S/C32H26ClFN4O3S/c1-2-40-29-17-22(16-27(33)30(29)41-19-21-7-6-8-25(34)15-21)18-35-38-31(39)24-13-11-23(12-14-24)28-20-42-32(37-28)36-26-9-4-3-5-10-26/h3-18,20H,2,19H2,1H3,(H,36,37)(H,38,39)/b35-18-. The summed E-state index contributed by atoms with van der Waals surface area (Å²) in [5.41, 5.74) is 6.91. The van der Waals surface area contributed by atoms with E-state index in [1.807, 2.05) is 54.8 Å². The highest BCUT2D eigenvalue weighted by atomic mass is 35.5. The molecular formula is C32H26ClFN4O3S. The van der Waals surface area contributed by atoms with Gasteiger partial charge in [0.2, 0.25) is 0 Å². The van der Waals surface area contributed by atoms with Gasteiger partial charge in [-0.15, -0.1) is 11.3 Å². The molecule has 5 rings (SSSR count). The number of hydrogen-bond acceptors (Lipinski definition) is 7. The molecule has 0 aliphatic rings. The SMILES string of the molecule is CCOc1cc(/C=N\NC(=O)c2ccc(-c3csc(Nc4ccccc4)n3)cc2)cc(Cl)c1OCc1cccc(F)c1. The summed E-state index contributed by atoms with van der Waals surface area (Å²) in [7, 11) is 0. The Morgan fingerprint density at radius 3 is 2.60 bits per heavy atom. The van der Waals surface area contributed by atoms with Crippen LogP contribution < -0.4 is 20.2 Å². The molecule has 0 atom stereocenters. The Morgan fingerprint density at radius 2 is 1.83 bits per heavy atom. The van der Waals surface area contributed by atoms with Gasteiger partial charge in [0.1, 0.15) is 12.4 Å². The summed E-state index contributed by atoms with van der Waals surface area (Å²) in [6, 6.07) is 26.4. The van der Waals surface area contributed by atoms with Gasteiger partial charge in [0.15, 0.2) is 16.6 Å². The fourth-order valence-corrected chi connectivity index (χ4v) is 4.99. The van der Waals surface area contributed by atoms with Crippen molar-refractivity contribution in [2.75, 3.05) is 11.9 Å². The van der Waals surface area contributed by atoms with E-state index < -0.39 is 0 Å². The molecule has 0 saturated carbocycles. The fourth-order valence-electron chi connectivity index (χ4n) is 3.98. The number of benzene rings is 4. The second-order valence-electron chi connectivity index (χ2n) is 8.99. The maximum atomic E-state index is 13.5. The Hall–Kier alpha value is -4.73. The number of ether oxygens (including phenoxy) is 2. The Balaban J connectivity index is 1.20. The van der Waals surface area contributed by atoms with Gasteiger partial charge in [-0.05, 0) is 66.6 Å². The normalized spacial score (nSPS) is 10.9. The van der Waals surface area contributed by atoms with E-state index in [0.717, 1.165) is 22.1 Å². The summed E-state index contributed by atoms with van der Waals surface area (Å²) in [6.45, 7) is 2.34. The molecule has 2 N–H and O–H groups in total. The van der Waals surface area contributed by atoms with Crippen LogP contribution in [0.5, 0.6) is 11.5 Å². The summed E-state index contributed by atoms with van der Waals surface area (Å²) < 4.78 is 25.1. The van der Waals surface area contributed by atoms with Gasteiger partial charge in [-0.3, -0.25) is 4.79 Å². The topological polar surface area (TPSA) is 84.8 Å². The smallest absolute Gasteiger partial charge is 0.271 e. The van der Waals surface area contributed by atoms with Crippen LogP contribution in [0.1, 0.15) is 28.4 Å². The number of nitrogens with one attached hydrogen (secondary N) is 2. The van der Waals surface area contributed by atoms with Crippen LogP contribution in [0.25, 0.3) is 11.3 Å². The number of nitrogens with zero attached hydrogens (tertiary/aromatic N) is 2. The number of halogens is 2. The first-order valence-electron chi connectivity index (χ1n) is 13.0. The largest absolute Gasteiger partial charge is 0.490 e. The lowest BCUT2D eigenvalue weighted by Crippen LogP contribution is -2.17. The molecule has 0 aliphatic heterocycles. The molecule has 1 aromatic heterocycles. The van der Waals surface area contributed by atoms with E-state index in [0.29, 0.717) is 39.8 Å². The molecule has 42 heavy (non-hydrogen) atoms. The van der Waals surface area contributed by atoms with Crippen molar-refractivity contribution in [3.8, 4) is 22.8 Å². The van der Waals surface area contributed by atoms with E-state index in [4.69, 9.17) is 21.1 Å². The average molecular weight is 601 g/mol. The van der Waals surface area contributed by atoms with Crippen molar-refractivity contribution in [2.24, 2.45) is 5.10 Å². The zero-order valence-corrected chi connectivity index (χ0v) is 24.1. The first-order valence-corrected chi connectivity index (χ1v) is 14.3. The van der Waals surface area contributed by atoms with Crippen LogP contribution in [-0.2, 0) is 6.61 Å². The molecule has 0 radical (unpaired) electrons. The summed E-state index contributed by atoms with van der Waals surface area (Å²) in [6.07, 6.45) is 1.47. The molecule has 5 aromatic rings. The molecule has 0 spiro atoms. The molecule has 10 heteroatoms. The minimum Gasteiger partial charge on any atom is -0.490 e. The van der Waals surface area contributed by atoms with Gasteiger partial charge in [0.25, 0.3) is 5.91 Å². The van der Waals surface area contributed by atoms with Crippen LogP contribution in [0.2, 0.25) is 5.02 Å². The van der Waals surface area contributed by atoms with E-state index in [-0.39, 0.29) is 18.3 Å². The molecule has 0 fully saturated rings. The predicted octanol–water partition coefficient (Wildman–Crippen LogP) is 8.09. The van der Waals surface area contributed by atoms with Gasteiger partial charge in [0, 0.05) is 22.2 Å². The van der Waals surface area contributed by atoms with Gasteiger partial charge in [0.05, 0.1) is 23.5 Å². The average Bonchev–Trinajstić information content (AvgIpc) is 3.46. The molecule has 7 nitrogen and oxygen atoms in total. The fraction of sp³-hybridized carbons (Fsp3) is 0.0938. The van der Waals surface area contributed by atoms with E-state index in [1.165, 1.54) is 29.7 Å². The number of carbonyl (C=O) groups excluding carboxylic acids is 1. The van der Waals surface area contributed by atoms with Crippen molar-refractivity contribution in [3.05, 3.63) is 124 Å². The van der Waals surface area contributed by atoms with Crippen LogP contribution in [0.3, 0.4) is 0 Å². The zero-order chi connectivity index (χ0) is 29.3. The van der Waals surface area contributed by atoms with Gasteiger partial charge in [-0.25, -0.2) is 14.8 Å². The van der Waals surface area contributed by atoms with Gasteiger partial charge < -0.3 is 14.8 Å². The molecule has 0 bridgehead atoms. The van der Waals surface area contributed by atoms with Crippen molar-refractivity contribution in [1.82, 2.24) is 10.4 Å². The Bertz CT molecular complexity index is 1690. The maximum absolute atomic E-state index is 13.5. The number of hydrogen-bond donors (Lipinski definition) is 2. The third-order valence-corrected chi connectivity index (χ3v) is 6.99. The van der Waals surface area contributed by atoms with Gasteiger partial charge in [-0.1, -0.05) is 54.1 Å². The monoisotopic (exact) mass is 600 g/mol. The molecule has 1 amide bonds. The van der Waals surface area contributed by atoms with Crippen molar-refractivity contribution >= 4 is 45.9 Å². The van der Waals surface area contributed by atoms with Crippen LogP contribution in [0.4, 0.5) is 15.2 Å². The lowest BCUT2D eigenvalue weighted by atomic mass is 10.1. The number of thiazole rings is 1. The number of aromatic nitrogens is 1. The second-order valence-corrected chi connectivity index (χ2v) is 10.3. The Morgan fingerprint density at radius 1 is 1.02 bits per heavy atom. The minimum absolute atomic E-state index is 0.119. The van der Waals surface area contributed by atoms with Crippen molar-refractivity contribution in [2.45, 2.75) is 13.5 Å². The highest BCUT2D eigenvalue weighted by molar-refractivity contribution is 7.14. The van der Waals surface area contributed by atoms with Crippen molar-refractivity contribution < 1.29 is 18.7 Å². The number of rotatable bonds is 11. The van der Waals surface area contributed by atoms with Crippen LogP contribution in [0, 0.1) is 5.82 Å². The summed E-state index contributed by atoms with van der Waals surface area (Å²) in [5, 5.41) is 10.4. The lowest BCUT2D eigenvalue weighted by Gasteiger charge is -2.14. The lowest BCUT2D eigenvalue weighted by molar-refractivity contribution is 0.0955. The second kappa shape index (κ2) is 13.8. The molecule has 0 aliphatic carbocycles. The first-order chi connectivity index (χ1) is 20.5. The Kier molecular flexibility index (Phi) is 9.43. The van der Waals surface area contributed by atoms with E-state index in [1.54, 1.807) is 36.4 Å². The van der Waals surface area contributed by atoms with Crippen molar-refractivity contribution in [1.29, 1.82) is 0 Å². The number of anilines is 2. The summed E-state index contributed by atoms with van der Waals surface area (Å²) >= 11 is 7.98. The number of para-hydroxylation sites is 1. The third-order valence-electron chi connectivity index (χ3n) is 5.96. The molecule has 212 valence electrons. The van der Waals surface area contributed by atoms with Crippen LogP contribution in [0.15, 0.2) is 101 Å². The van der Waals surface area contributed by atoms with Gasteiger partial charge in [-0.2, -0.15) is 5.10 Å². The molecule has 1 heterocycles. The van der Waals surface area contributed by atoms with Gasteiger partial charge >= 0.3 is 0 Å². The quantitative estimate of drug-likeness (QED) is 0.118. The molecule has 0 unspecified atom stereocenters. The molecule has 0 saturated heterocycles. The number of hydrazone groups is 1. The van der Waals surface area contributed by atoms with E-state index >= 15 is 0 Å². The minimum atomic E-state index is -0.367. The summed E-state index contributed by atoms with van der Waals surface area (Å²) in [5.74, 6) is 0.0386. The Labute approximate surface area is 251 Å². The summed E-state index contributed by atoms with van der Waals surface area (Å²) in [4.78, 5) is 17.3. The van der Waals surface area contributed by atoms with E-state index in [9.17, 15) is 9.18 Å². The first kappa shape index (κ1) is 28.8.